The van der Waals surface area contributed by atoms with Gasteiger partial charge in [0.25, 0.3) is 5.91 Å². The second kappa shape index (κ2) is 11.8. The number of hydrogen-bond acceptors (Lipinski definition) is 2. The van der Waals surface area contributed by atoms with Crippen molar-refractivity contribution in [3.8, 4) is 11.3 Å². The average Bonchev–Trinajstić information content (AvgIpc) is 3.44. The molecule has 1 heterocycles. The Kier molecular flexibility index (Phi) is 8.02. The summed E-state index contributed by atoms with van der Waals surface area (Å²) in [7, 11) is 0. The van der Waals surface area contributed by atoms with Crippen LogP contribution >= 0.6 is 0 Å². The van der Waals surface area contributed by atoms with Gasteiger partial charge in [-0.05, 0) is 61.1 Å². The molecular weight excluding hydrogens is 465 g/mol. The third kappa shape index (κ3) is 5.95. The molecule has 37 heavy (non-hydrogen) atoms. The maximum absolute atomic E-state index is 14.2. The molecule has 2 aliphatic rings. The summed E-state index contributed by atoms with van der Waals surface area (Å²) in [6.45, 7) is 0. The molecule has 3 aromatic rings. The van der Waals surface area contributed by atoms with Crippen LogP contribution in [0.5, 0.6) is 0 Å². The summed E-state index contributed by atoms with van der Waals surface area (Å²) < 4.78 is 13.9. The maximum atomic E-state index is 14.2. The number of aromatic amines is 1. The molecule has 0 spiro atoms. The van der Waals surface area contributed by atoms with Gasteiger partial charge < -0.3 is 15.2 Å². The molecule has 0 aliphatic heterocycles. The van der Waals surface area contributed by atoms with Gasteiger partial charge in [-0.2, -0.15) is 0 Å². The van der Waals surface area contributed by atoms with Crippen LogP contribution in [0.1, 0.15) is 86.3 Å². The van der Waals surface area contributed by atoms with E-state index in [1.54, 1.807) is 23.1 Å². The highest BCUT2D eigenvalue weighted by Gasteiger charge is 2.38. The fraction of sp³-hybridized carbons (Fsp3) is 0.419. The van der Waals surface area contributed by atoms with Crippen molar-refractivity contribution in [2.24, 2.45) is 0 Å². The Hall–Kier alpha value is -3.41. The Labute approximate surface area is 218 Å². The highest BCUT2D eigenvalue weighted by molar-refractivity contribution is 5.97. The minimum absolute atomic E-state index is 0.0584. The Morgan fingerprint density at radius 3 is 2.14 bits per heavy atom. The normalized spacial score (nSPS) is 17.8. The number of hydrogen-bond donors (Lipinski definition) is 2. The zero-order valence-electron chi connectivity index (χ0n) is 21.3. The molecule has 5 nitrogen and oxygen atoms in total. The number of rotatable bonds is 7. The molecule has 0 saturated heterocycles. The molecule has 2 aromatic carbocycles. The minimum Gasteiger partial charge on any atom is -0.351 e. The standard InChI is InChI=1S/C31H36FN3O2/c32-24-18-16-23(17-19-24)29(30(36)33-25-12-6-2-7-13-25)35(26-14-8-3-9-15-26)31(37)28-21-20-27(34-28)22-10-4-1-5-11-22/h1,4-5,10-11,16-21,25-26,29,34H,2-3,6-9,12-15H2,(H,33,36). The number of nitrogens with one attached hydrogen (secondary N) is 2. The van der Waals surface area contributed by atoms with Crippen LogP contribution in [0.15, 0.2) is 66.7 Å². The Bertz CT molecular complexity index is 1180. The van der Waals surface area contributed by atoms with Gasteiger partial charge in [-0.15, -0.1) is 0 Å². The van der Waals surface area contributed by atoms with Crippen molar-refractivity contribution in [3.05, 3.63) is 83.8 Å². The van der Waals surface area contributed by atoms with E-state index in [1.165, 1.54) is 18.6 Å². The molecular formula is C31H36FN3O2. The van der Waals surface area contributed by atoms with E-state index in [2.05, 4.69) is 10.3 Å². The fourth-order valence-electron chi connectivity index (χ4n) is 5.91. The summed E-state index contributed by atoms with van der Waals surface area (Å²) in [5.74, 6) is -0.725. The molecule has 1 unspecified atom stereocenters. The summed E-state index contributed by atoms with van der Waals surface area (Å²) in [6, 6.07) is 18.9. The Morgan fingerprint density at radius 1 is 0.811 bits per heavy atom. The van der Waals surface area contributed by atoms with Crippen molar-refractivity contribution in [2.45, 2.75) is 82.3 Å². The fourth-order valence-corrected chi connectivity index (χ4v) is 5.91. The van der Waals surface area contributed by atoms with Crippen molar-refractivity contribution in [1.82, 2.24) is 15.2 Å². The molecule has 0 bridgehead atoms. The topological polar surface area (TPSA) is 65.2 Å². The van der Waals surface area contributed by atoms with Crippen LogP contribution in [0.3, 0.4) is 0 Å². The first kappa shape index (κ1) is 25.2. The summed E-state index contributed by atoms with van der Waals surface area (Å²) in [4.78, 5) is 33.2. The molecule has 0 radical (unpaired) electrons. The lowest BCUT2D eigenvalue weighted by Gasteiger charge is -2.40. The van der Waals surface area contributed by atoms with E-state index >= 15 is 0 Å². The van der Waals surface area contributed by atoms with Crippen molar-refractivity contribution in [3.63, 3.8) is 0 Å². The third-order valence-corrected chi connectivity index (χ3v) is 7.87. The van der Waals surface area contributed by atoms with E-state index in [9.17, 15) is 14.0 Å². The zero-order chi connectivity index (χ0) is 25.6. The number of carbonyl (C=O) groups is 2. The predicted molar refractivity (Wildman–Crippen MR) is 143 cm³/mol. The molecule has 1 atom stereocenters. The lowest BCUT2D eigenvalue weighted by Crippen LogP contribution is -2.51. The molecule has 2 aliphatic carbocycles. The zero-order valence-corrected chi connectivity index (χ0v) is 21.3. The maximum Gasteiger partial charge on any atom is 0.271 e. The number of benzene rings is 2. The van der Waals surface area contributed by atoms with Gasteiger partial charge in [-0.1, -0.05) is 81.0 Å². The number of halogens is 1. The molecule has 194 valence electrons. The average molecular weight is 502 g/mol. The lowest BCUT2D eigenvalue weighted by atomic mass is 9.90. The highest BCUT2D eigenvalue weighted by Crippen LogP contribution is 2.33. The van der Waals surface area contributed by atoms with Crippen molar-refractivity contribution in [1.29, 1.82) is 0 Å². The summed E-state index contributed by atoms with van der Waals surface area (Å²) in [6.07, 6.45) is 10.2. The van der Waals surface area contributed by atoms with Crippen LogP contribution < -0.4 is 5.32 Å². The number of carbonyl (C=O) groups excluding carboxylic acids is 2. The molecule has 1 aromatic heterocycles. The quantitative estimate of drug-likeness (QED) is 0.375. The highest BCUT2D eigenvalue weighted by atomic mass is 19.1. The smallest absolute Gasteiger partial charge is 0.271 e. The first-order chi connectivity index (χ1) is 18.1. The van der Waals surface area contributed by atoms with E-state index in [4.69, 9.17) is 0 Å². The largest absolute Gasteiger partial charge is 0.351 e. The summed E-state index contributed by atoms with van der Waals surface area (Å²) in [5.41, 5.74) is 2.96. The van der Waals surface area contributed by atoms with E-state index in [0.29, 0.717) is 11.3 Å². The number of nitrogens with zero attached hydrogens (tertiary/aromatic N) is 1. The lowest BCUT2D eigenvalue weighted by molar-refractivity contribution is -0.127. The van der Waals surface area contributed by atoms with Crippen LogP contribution in [0.2, 0.25) is 0 Å². The molecule has 2 saturated carbocycles. The second-order valence-corrected chi connectivity index (χ2v) is 10.5. The van der Waals surface area contributed by atoms with E-state index in [-0.39, 0.29) is 29.7 Å². The minimum atomic E-state index is -0.818. The van der Waals surface area contributed by atoms with Gasteiger partial charge in [-0.25, -0.2) is 4.39 Å². The van der Waals surface area contributed by atoms with Crippen LogP contribution in [0.25, 0.3) is 11.3 Å². The monoisotopic (exact) mass is 501 g/mol. The SMILES string of the molecule is O=C(NC1CCCCC1)C(c1ccc(F)cc1)N(C(=O)c1ccc(-c2ccccc2)[nH]1)C1CCCCC1. The van der Waals surface area contributed by atoms with Gasteiger partial charge in [0.2, 0.25) is 5.91 Å². The van der Waals surface area contributed by atoms with Gasteiger partial charge in [0, 0.05) is 17.8 Å². The van der Waals surface area contributed by atoms with Crippen LogP contribution in [-0.4, -0.2) is 33.8 Å². The van der Waals surface area contributed by atoms with Crippen LogP contribution in [-0.2, 0) is 4.79 Å². The Morgan fingerprint density at radius 2 is 1.46 bits per heavy atom. The molecule has 2 N–H and O–H groups in total. The van der Waals surface area contributed by atoms with Gasteiger partial charge in [0.15, 0.2) is 0 Å². The Balaban J connectivity index is 1.51. The van der Waals surface area contributed by atoms with Gasteiger partial charge in [0.05, 0.1) is 0 Å². The molecule has 6 heteroatoms. The van der Waals surface area contributed by atoms with E-state index in [1.807, 2.05) is 36.4 Å². The summed E-state index contributed by atoms with van der Waals surface area (Å²) in [5, 5.41) is 3.25. The number of H-pyrrole nitrogens is 1. The molecule has 2 amide bonds. The van der Waals surface area contributed by atoms with E-state index in [0.717, 1.165) is 69.0 Å². The second-order valence-electron chi connectivity index (χ2n) is 10.5. The van der Waals surface area contributed by atoms with Gasteiger partial charge in [0.1, 0.15) is 17.6 Å². The van der Waals surface area contributed by atoms with Crippen molar-refractivity contribution < 1.29 is 14.0 Å². The molecule has 2 fully saturated rings. The van der Waals surface area contributed by atoms with E-state index < -0.39 is 6.04 Å². The van der Waals surface area contributed by atoms with Crippen LogP contribution in [0, 0.1) is 5.82 Å². The van der Waals surface area contributed by atoms with Crippen molar-refractivity contribution >= 4 is 11.8 Å². The number of amides is 2. The van der Waals surface area contributed by atoms with Crippen LogP contribution in [0.4, 0.5) is 4.39 Å². The predicted octanol–water partition coefficient (Wildman–Crippen LogP) is 6.79. The summed E-state index contributed by atoms with van der Waals surface area (Å²) >= 11 is 0. The first-order valence-electron chi connectivity index (χ1n) is 13.7. The number of aromatic nitrogens is 1. The van der Waals surface area contributed by atoms with Crippen molar-refractivity contribution in [2.75, 3.05) is 0 Å². The third-order valence-electron chi connectivity index (χ3n) is 7.87. The first-order valence-corrected chi connectivity index (χ1v) is 13.7. The van der Waals surface area contributed by atoms with Gasteiger partial charge >= 0.3 is 0 Å². The van der Waals surface area contributed by atoms with Gasteiger partial charge in [-0.3, -0.25) is 9.59 Å². The molecule has 5 rings (SSSR count).